The molecule has 0 saturated carbocycles. The lowest BCUT2D eigenvalue weighted by molar-refractivity contribution is -0.137. The Morgan fingerprint density at radius 3 is 2.50 bits per heavy atom. The summed E-state index contributed by atoms with van der Waals surface area (Å²) >= 11 is 0. The molecule has 0 aliphatic heterocycles. The predicted molar refractivity (Wildman–Crippen MR) is 64.7 cm³/mol. The minimum Gasteiger partial charge on any atom is -0.497 e. The first-order valence-corrected chi connectivity index (χ1v) is 5.51. The summed E-state index contributed by atoms with van der Waals surface area (Å²) in [7, 11) is 3.01. The Hall–Kier alpha value is -1.88. The molecule has 5 heteroatoms. The van der Waals surface area contributed by atoms with Crippen LogP contribution in [0.1, 0.15) is 22.8 Å². The van der Waals surface area contributed by atoms with Crippen LogP contribution in [-0.4, -0.2) is 32.6 Å². The van der Waals surface area contributed by atoms with Crippen molar-refractivity contribution in [1.82, 2.24) is 0 Å². The van der Waals surface area contributed by atoms with E-state index in [2.05, 4.69) is 0 Å². The van der Waals surface area contributed by atoms with Gasteiger partial charge in [0.2, 0.25) is 0 Å². The molecule has 18 heavy (non-hydrogen) atoms. The lowest BCUT2D eigenvalue weighted by Gasteiger charge is -2.09. The van der Waals surface area contributed by atoms with Crippen molar-refractivity contribution in [2.45, 2.75) is 13.5 Å². The Kier molecular flexibility index (Phi) is 5.32. The van der Waals surface area contributed by atoms with Gasteiger partial charge in [0.25, 0.3) is 5.78 Å². The van der Waals surface area contributed by atoms with Crippen molar-refractivity contribution < 1.29 is 23.8 Å². The maximum absolute atomic E-state index is 11.9. The van der Waals surface area contributed by atoms with E-state index >= 15 is 0 Å². The summed E-state index contributed by atoms with van der Waals surface area (Å²) in [6.45, 7) is 2.05. The molecule has 0 amide bonds. The fourth-order valence-corrected chi connectivity index (χ4v) is 1.48. The summed E-state index contributed by atoms with van der Waals surface area (Å²) in [6, 6.07) is 4.90. The molecule has 0 bridgehead atoms. The van der Waals surface area contributed by atoms with Gasteiger partial charge in [-0.15, -0.1) is 0 Å². The standard InChI is InChI=1S/C13H16O5/c1-4-18-13(15)12(14)11-7-10(17-3)6-5-9(11)8-16-2/h5-7H,4,8H2,1-3H3. The van der Waals surface area contributed by atoms with Crippen LogP contribution in [0.5, 0.6) is 5.75 Å². The van der Waals surface area contributed by atoms with Crippen molar-refractivity contribution in [1.29, 1.82) is 0 Å². The molecule has 1 rings (SSSR count). The molecule has 0 spiro atoms. The lowest BCUT2D eigenvalue weighted by atomic mass is 10.0. The van der Waals surface area contributed by atoms with E-state index in [4.69, 9.17) is 14.2 Å². The number of methoxy groups -OCH3 is 2. The molecular weight excluding hydrogens is 236 g/mol. The summed E-state index contributed by atoms with van der Waals surface area (Å²) in [6.07, 6.45) is 0. The van der Waals surface area contributed by atoms with Crippen molar-refractivity contribution in [3.8, 4) is 5.75 Å². The molecule has 0 fully saturated rings. The number of hydrogen-bond acceptors (Lipinski definition) is 5. The molecule has 0 unspecified atom stereocenters. The van der Waals surface area contributed by atoms with E-state index in [0.717, 1.165) is 0 Å². The van der Waals surface area contributed by atoms with Crippen molar-refractivity contribution in [2.75, 3.05) is 20.8 Å². The van der Waals surface area contributed by atoms with Crippen LogP contribution in [0.25, 0.3) is 0 Å². The number of benzene rings is 1. The van der Waals surface area contributed by atoms with Gasteiger partial charge in [0.1, 0.15) is 5.75 Å². The summed E-state index contributed by atoms with van der Waals surface area (Å²) in [5.74, 6) is -1.06. The smallest absolute Gasteiger partial charge is 0.379 e. The predicted octanol–water partition coefficient (Wildman–Crippen LogP) is 1.59. The number of Topliss-reactive ketones (excluding diaryl/α,β-unsaturated/α-hetero) is 1. The highest BCUT2D eigenvalue weighted by molar-refractivity contribution is 6.41. The second-order valence-corrected chi connectivity index (χ2v) is 3.51. The molecule has 98 valence electrons. The number of ether oxygens (including phenoxy) is 3. The fourth-order valence-electron chi connectivity index (χ4n) is 1.48. The molecule has 0 saturated heterocycles. The maximum atomic E-state index is 11.9. The first-order chi connectivity index (χ1) is 8.63. The van der Waals surface area contributed by atoms with E-state index in [9.17, 15) is 9.59 Å². The molecule has 1 aromatic carbocycles. The van der Waals surface area contributed by atoms with Crippen LogP contribution in [0, 0.1) is 0 Å². The highest BCUT2D eigenvalue weighted by Gasteiger charge is 2.21. The average Bonchev–Trinajstić information content (AvgIpc) is 2.39. The highest BCUT2D eigenvalue weighted by Crippen LogP contribution is 2.19. The van der Waals surface area contributed by atoms with Crippen LogP contribution in [-0.2, 0) is 20.9 Å². The van der Waals surface area contributed by atoms with Gasteiger partial charge in [0, 0.05) is 12.7 Å². The topological polar surface area (TPSA) is 61.8 Å². The second-order valence-electron chi connectivity index (χ2n) is 3.51. The Morgan fingerprint density at radius 2 is 1.94 bits per heavy atom. The number of rotatable bonds is 6. The Morgan fingerprint density at radius 1 is 1.22 bits per heavy atom. The molecule has 0 N–H and O–H groups in total. The Balaban J connectivity index is 3.09. The van der Waals surface area contributed by atoms with Gasteiger partial charge in [-0.05, 0) is 24.6 Å². The van der Waals surface area contributed by atoms with Gasteiger partial charge >= 0.3 is 5.97 Å². The van der Waals surface area contributed by atoms with Gasteiger partial charge < -0.3 is 14.2 Å². The molecule has 0 aromatic heterocycles. The third-order valence-corrected chi connectivity index (χ3v) is 2.32. The van der Waals surface area contributed by atoms with Crippen molar-refractivity contribution in [3.05, 3.63) is 29.3 Å². The molecule has 0 radical (unpaired) electrons. The van der Waals surface area contributed by atoms with Gasteiger partial charge in [-0.1, -0.05) is 6.07 Å². The van der Waals surface area contributed by atoms with Crippen LogP contribution < -0.4 is 4.74 Å². The Labute approximate surface area is 106 Å². The molecule has 1 aromatic rings. The summed E-state index contributed by atoms with van der Waals surface area (Å²) in [5, 5.41) is 0. The van der Waals surface area contributed by atoms with Gasteiger partial charge in [0.15, 0.2) is 0 Å². The van der Waals surface area contributed by atoms with Crippen LogP contribution in [0.4, 0.5) is 0 Å². The maximum Gasteiger partial charge on any atom is 0.379 e. The van der Waals surface area contributed by atoms with Crippen LogP contribution in [0.15, 0.2) is 18.2 Å². The summed E-state index contributed by atoms with van der Waals surface area (Å²) in [4.78, 5) is 23.4. The van der Waals surface area contributed by atoms with Gasteiger partial charge in [0.05, 0.1) is 20.3 Å². The lowest BCUT2D eigenvalue weighted by Crippen LogP contribution is -2.19. The quantitative estimate of drug-likeness (QED) is 0.437. The zero-order valence-electron chi connectivity index (χ0n) is 10.7. The number of ketones is 1. The normalized spacial score (nSPS) is 9.94. The monoisotopic (exact) mass is 252 g/mol. The molecular formula is C13H16O5. The molecule has 5 nitrogen and oxygen atoms in total. The molecule has 0 aliphatic rings. The van der Waals surface area contributed by atoms with Crippen LogP contribution in [0.2, 0.25) is 0 Å². The minimum absolute atomic E-state index is 0.161. The molecule has 0 aliphatic carbocycles. The Bertz CT molecular complexity index is 439. The van der Waals surface area contributed by atoms with Crippen molar-refractivity contribution in [3.63, 3.8) is 0 Å². The summed E-state index contributed by atoms with van der Waals surface area (Å²) in [5.41, 5.74) is 0.867. The fraction of sp³-hybridized carbons (Fsp3) is 0.385. The van der Waals surface area contributed by atoms with E-state index in [1.165, 1.54) is 20.3 Å². The van der Waals surface area contributed by atoms with E-state index < -0.39 is 11.8 Å². The van der Waals surface area contributed by atoms with Crippen molar-refractivity contribution >= 4 is 11.8 Å². The SMILES string of the molecule is CCOC(=O)C(=O)c1cc(OC)ccc1COC. The van der Waals surface area contributed by atoms with Crippen molar-refractivity contribution in [2.24, 2.45) is 0 Å². The second kappa shape index (κ2) is 6.76. The zero-order chi connectivity index (χ0) is 13.5. The third-order valence-electron chi connectivity index (χ3n) is 2.32. The van der Waals surface area contributed by atoms with Crippen LogP contribution in [0.3, 0.4) is 0 Å². The average molecular weight is 252 g/mol. The van der Waals surface area contributed by atoms with Gasteiger partial charge in [-0.2, -0.15) is 0 Å². The summed E-state index contributed by atoms with van der Waals surface area (Å²) < 4.78 is 14.7. The highest BCUT2D eigenvalue weighted by atomic mass is 16.5. The van der Waals surface area contributed by atoms with E-state index in [0.29, 0.717) is 11.3 Å². The largest absolute Gasteiger partial charge is 0.497 e. The van der Waals surface area contributed by atoms with E-state index in [1.54, 1.807) is 19.1 Å². The van der Waals surface area contributed by atoms with Gasteiger partial charge in [-0.3, -0.25) is 4.79 Å². The number of carbonyl (C=O) groups excluding carboxylic acids is 2. The van der Waals surface area contributed by atoms with E-state index in [1.807, 2.05) is 0 Å². The molecule has 0 atom stereocenters. The number of carbonyl (C=O) groups is 2. The number of hydrogen-bond donors (Lipinski definition) is 0. The van der Waals surface area contributed by atoms with Crippen LogP contribution >= 0.6 is 0 Å². The van der Waals surface area contributed by atoms with Gasteiger partial charge in [-0.25, -0.2) is 4.79 Å². The zero-order valence-corrected chi connectivity index (χ0v) is 10.7. The van der Waals surface area contributed by atoms with E-state index in [-0.39, 0.29) is 18.8 Å². The number of esters is 1. The third kappa shape index (κ3) is 3.30. The first-order valence-electron chi connectivity index (χ1n) is 5.51. The molecule has 0 heterocycles. The minimum atomic E-state index is -0.872. The first kappa shape index (κ1) is 14.2.